The lowest BCUT2D eigenvalue weighted by molar-refractivity contribution is -0.118. The molecular weight excluding hydrogens is 458 g/mol. The summed E-state index contributed by atoms with van der Waals surface area (Å²) in [6.07, 6.45) is 1.76. The second-order valence-corrected chi connectivity index (χ2v) is 9.16. The Bertz CT molecular complexity index is 1160. The summed E-state index contributed by atoms with van der Waals surface area (Å²) in [5.74, 6) is 0.262. The highest BCUT2D eigenvalue weighted by atomic mass is 35.5. The minimum Gasteiger partial charge on any atom is -0.330 e. The van der Waals surface area contributed by atoms with Crippen molar-refractivity contribution in [1.29, 1.82) is 5.41 Å². The summed E-state index contributed by atoms with van der Waals surface area (Å²) in [7, 11) is 0. The number of amidine groups is 1. The van der Waals surface area contributed by atoms with Crippen molar-refractivity contribution in [3.63, 3.8) is 0 Å². The molecule has 0 radical (unpaired) electrons. The number of hydrogen-bond donors (Lipinski definition) is 4. The van der Waals surface area contributed by atoms with Crippen LogP contribution in [0.15, 0.2) is 60.0 Å². The quantitative estimate of drug-likeness (QED) is 0.358. The van der Waals surface area contributed by atoms with Crippen molar-refractivity contribution in [2.24, 2.45) is 0 Å². The number of hydrogen-bond acceptors (Lipinski definition) is 4. The maximum absolute atomic E-state index is 13.1. The number of thiophene rings is 1. The van der Waals surface area contributed by atoms with Gasteiger partial charge in [-0.1, -0.05) is 17.7 Å². The first-order valence-corrected chi connectivity index (χ1v) is 11.8. The second kappa shape index (κ2) is 10.1. The number of rotatable bonds is 6. The van der Waals surface area contributed by atoms with Gasteiger partial charge in [0.25, 0.3) is 5.91 Å². The molecule has 0 bridgehead atoms. The molecule has 170 valence electrons. The predicted molar refractivity (Wildman–Crippen MR) is 135 cm³/mol. The van der Waals surface area contributed by atoms with Crippen LogP contribution < -0.4 is 20.9 Å². The van der Waals surface area contributed by atoms with Crippen LogP contribution in [0.2, 0.25) is 5.02 Å². The highest BCUT2D eigenvalue weighted by molar-refractivity contribution is 7.10. The van der Waals surface area contributed by atoms with Gasteiger partial charge in [0.05, 0.1) is 0 Å². The molecule has 3 aromatic rings. The third kappa shape index (κ3) is 5.53. The number of halogens is 1. The third-order valence-electron chi connectivity index (χ3n) is 5.37. The third-order valence-corrected chi connectivity index (χ3v) is 6.54. The van der Waals surface area contributed by atoms with Crippen LogP contribution in [-0.2, 0) is 4.79 Å². The number of benzene rings is 2. The average Bonchev–Trinajstić information content (AvgIpc) is 3.46. The fourth-order valence-electron chi connectivity index (χ4n) is 3.68. The molecule has 1 atom stereocenters. The number of carbonyl (C=O) groups is 2. The van der Waals surface area contributed by atoms with E-state index in [4.69, 9.17) is 17.0 Å². The minimum absolute atomic E-state index is 0.345. The molecule has 3 amide bonds. The zero-order valence-corrected chi connectivity index (χ0v) is 19.6. The molecule has 7 nitrogen and oxygen atoms in total. The molecule has 33 heavy (non-hydrogen) atoms. The molecule has 4 N–H and O–H groups in total. The molecule has 1 fully saturated rings. The van der Waals surface area contributed by atoms with Crippen molar-refractivity contribution in [3.8, 4) is 0 Å². The summed E-state index contributed by atoms with van der Waals surface area (Å²) in [5.41, 5.74) is 2.99. The van der Waals surface area contributed by atoms with Gasteiger partial charge in [-0.05, 0) is 72.8 Å². The van der Waals surface area contributed by atoms with Crippen LogP contribution in [-0.4, -0.2) is 24.3 Å². The largest absolute Gasteiger partial charge is 0.330 e. The Kier molecular flexibility index (Phi) is 6.96. The van der Waals surface area contributed by atoms with Crippen molar-refractivity contribution in [2.75, 3.05) is 22.1 Å². The second-order valence-electron chi connectivity index (χ2n) is 7.74. The molecule has 0 aliphatic carbocycles. The van der Waals surface area contributed by atoms with Crippen molar-refractivity contribution in [1.82, 2.24) is 5.32 Å². The first-order chi connectivity index (χ1) is 15.9. The van der Waals surface area contributed by atoms with Gasteiger partial charge < -0.3 is 20.9 Å². The van der Waals surface area contributed by atoms with Gasteiger partial charge >= 0.3 is 6.03 Å². The van der Waals surface area contributed by atoms with E-state index in [1.54, 1.807) is 18.2 Å². The van der Waals surface area contributed by atoms with Crippen LogP contribution >= 0.6 is 22.9 Å². The number of amides is 3. The normalized spacial score (nSPS) is 14.1. The van der Waals surface area contributed by atoms with E-state index in [-0.39, 0.29) is 5.91 Å². The van der Waals surface area contributed by atoms with Crippen LogP contribution in [0.4, 0.5) is 21.9 Å². The zero-order chi connectivity index (χ0) is 23.4. The standard InChI is InChI=1S/C24H24ClN5O2S/c1-15-14-16(25)6-11-19(15)28-24(32)29-22(20-4-3-13-33-20)23(31)27-17-7-9-18(10-8-17)30-12-2-5-21(30)26/h3-4,6-11,13-14,22,26H,2,5,12H2,1H3,(H,27,31)(H2,28,29,32). The van der Waals surface area contributed by atoms with Crippen LogP contribution in [0, 0.1) is 12.3 Å². The van der Waals surface area contributed by atoms with Gasteiger partial charge in [-0.2, -0.15) is 0 Å². The Morgan fingerprint density at radius 3 is 2.55 bits per heavy atom. The average molecular weight is 482 g/mol. The molecule has 2 heterocycles. The first-order valence-electron chi connectivity index (χ1n) is 10.5. The van der Waals surface area contributed by atoms with Gasteiger partial charge in [-0.25, -0.2) is 4.79 Å². The van der Waals surface area contributed by atoms with Gasteiger partial charge in [0, 0.05) is 39.9 Å². The molecule has 1 saturated heterocycles. The molecule has 2 aromatic carbocycles. The Hall–Kier alpha value is -3.36. The lowest BCUT2D eigenvalue weighted by Gasteiger charge is -2.20. The number of carbonyl (C=O) groups excluding carboxylic acids is 2. The van der Waals surface area contributed by atoms with Gasteiger partial charge in [0.2, 0.25) is 0 Å². The summed E-state index contributed by atoms with van der Waals surface area (Å²) in [5, 5.41) is 18.9. The molecular formula is C24H24ClN5O2S. The minimum atomic E-state index is -0.857. The maximum atomic E-state index is 13.1. The number of anilines is 3. The van der Waals surface area contributed by atoms with Gasteiger partial charge in [-0.15, -0.1) is 11.3 Å². The van der Waals surface area contributed by atoms with E-state index in [0.29, 0.717) is 22.2 Å². The Balaban J connectivity index is 1.45. The van der Waals surface area contributed by atoms with Crippen LogP contribution in [0.25, 0.3) is 0 Å². The van der Waals surface area contributed by atoms with Crippen molar-refractivity contribution in [2.45, 2.75) is 25.8 Å². The predicted octanol–water partition coefficient (Wildman–Crippen LogP) is 5.79. The van der Waals surface area contributed by atoms with E-state index in [1.165, 1.54) is 11.3 Å². The lowest BCUT2D eigenvalue weighted by atomic mass is 10.2. The topological polar surface area (TPSA) is 97.3 Å². The van der Waals surface area contributed by atoms with E-state index < -0.39 is 12.1 Å². The number of aryl methyl sites for hydroxylation is 1. The fraction of sp³-hybridized carbons (Fsp3) is 0.208. The van der Waals surface area contributed by atoms with Crippen LogP contribution in [0.3, 0.4) is 0 Å². The molecule has 1 aliphatic heterocycles. The van der Waals surface area contributed by atoms with E-state index in [2.05, 4.69) is 16.0 Å². The number of nitrogens with one attached hydrogen (secondary N) is 4. The van der Waals surface area contributed by atoms with Crippen LogP contribution in [0.1, 0.15) is 29.3 Å². The van der Waals surface area contributed by atoms with Crippen LogP contribution in [0.5, 0.6) is 0 Å². The molecule has 0 spiro atoms. The maximum Gasteiger partial charge on any atom is 0.320 e. The van der Waals surface area contributed by atoms with Gasteiger partial charge in [0.1, 0.15) is 11.9 Å². The van der Waals surface area contributed by atoms with E-state index in [0.717, 1.165) is 35.5 Å². The Morgan fingerprint density at radius 2 is 1.91 bits per heavy atom. The summed E-state index contributed by atoms with van der Waals surface area (Å²) in [4.78, 5) is 28.5. The van der Waals surface area contributed by atoms with Crippen molar-refractivity contribution in [3.05, 3.63) is 75.4 Å². The van der Waals surface area contributed by atoms with E-state index in [9.17, 15) is 9.59 Å². The highest BCUT2D eigenvalue weighted by Crippen LogP contribution is 2.25. The fourth-order valence-corrected chi connectivity index (χ4v) is 4.68. The molecule has 9 heteroatoms. The molecule has 1 aliphatic rings. The Morgan fingerprint density at radius 1 is 1.12 bits per heavy atom. The molecule has 1 aromatic heterocycles. The smallest absolute Gasteiger partial charge is 0.320 e. The van der Waals surface area contributed by atoms with Gasteiger partial charge in [0.15, 0.2) is 0 Å². The van der Waals surface area contributed by atoms with Crippen molar-refractivity contribution >= 4 is 57.8 Å². The summed E-state index contributed by atoms with van der Waals surface area (Å²) in [6, 6.07) is 14.9. The zero-order valence-electron chi connectivity index (χ0n) is 18.0. The highest BCUT2D eigenvalue weighted by Gasteiger charge is 2.24. The monoisotopic (exact) mass is 481 g/mol. The SMILES string of the molecule is Cc1cc(Cl)ccc1NC(=O)NC(C(=O)Nc1ccc(N2CCCC2=N)cc1)c1cccs1. The molecule has 4 rings (SSSR count). The van der Waals surface area contributed by atoms with Crippen molar-refractivity contribution < 1.29 is 9.59 Å². The van der Waals surface area contributed by atoms with Gasteiger partial charge in [-0.3, -0.25) is 10.2 Å². The Labute approximate surface area is 201 Å². The number of urea groups is 1. The molecule has 1 unspecified atom stereocenters. The molecule has 0 saturated carbocycles. The summed E-state index contributed by atoms with van der Waals surface area (Å²) >= 11 is 7.38. The summed E-state index contributed by atoms with van der Waals surface area (Å²) < 4.78 is 0. The first kappa shape index (κ1) is 22.8. The van der Waals surface area contributed by atoms with E-state index >= 15 is 0 Å². The lowest BCUT2D eigenvalue weighted by Crippen LogP contribution is -2.39. The summed E-state index contributed by atoms with van der Waals surface area (Å²) in [6.45, 7) is 2.68. The van der Waals surface area contributed by atoms with E-state index in [1.807, 2.05) is 53.6 Å². The number of nitrogens with zero attached hydrogens (tertiary/aromatic N) is 1.